The first-order chi connectivity index (χ1) is 19.0. The molecule has 194 valence electrons. The fraction of sp³-hybridized carbons (Fsp3) is 0.0667. The summed E-state index contributed by atoms with van der Waals surface area (Å²) in [5.41, 5.74) is 3.89. The first kappa shape index (κ1) is 24.7. The van der Waals surface area contributed by atoms with Gasteiger partial charge in [0.05, 0.1) is 16.3 Å². The number of nitrogens with zero attached hydrogens (tertiary/aromatic N) is 4. The van der Waals surface area contributed by atoms with Crippen molar-refractivity contribution in [2.24, 2.45) is 0 Å². The van der Waals surface area contributed by atoms with Crippen LogP contribution in [0.4, 0.5) is 4.39 Å². The zero-order chi connectivity index (χ0) is 27.0. The van der Waals surface area contributed by atoms with Crippen molar-refractivity contribution in [2.75, 3.05) is 7.11 Å². The number of hydrogen-bond acceptors (Lipinski definition) is 5. The van der Waals surface area contributed by atoms with Crippen LogP contribution in [0.3, 0.4) is 0 Å². The first-order valence-corrected chi connectivity index (χ1v) is 13.6. The van der Waals surface area contributed by atoms with Crippen LogP contribution >= 0.6 is 0 Å². The highest BCUT2D eigenvalue weighted by Crippen LogP contribution is 2.39. The van der Waals surface area contributed by atoms with E-state index in [1.807, 2.05) is 41.0 Å². The molecule has 39 heavy (non-hydrogen) atoms. The van der Waals surface area contributed by atoms with E-state index in [0.29, 0.717) is 33.7 Å². The van der Waals surface area contributed by atoms with Crippen molar-refractivity contribution in [3.05, 3.63) is 115 Å². The van der Waals surface area contributed by atoms with Gasteiger partial charge in [0, 0.05) is 41.6 Å². The second-order valence-electron chi connectivity index (χ2n) is 8.88. The van der Waals surface area contributed by atoms with Crippen molar-refractivity contribution in [2.45, 2.75) is 11.6 Å². The Labute approximate surface area is 224 Å². The molecule has 0 saturated carbocycles. The van der Waals surface area contributed by atoms with Gasteiger partial charge in [0.25, 0.3) is 10.0 Å². The summed E-state index contributed by atoms with van der Waals surface area (Å²) in [5.74, 6) is 0.308. The summed E-state index contributed by atoms with van der Waals surface area (Å²) in [5, 5.41) is 0.622. The number of fused-ring (bicyclic) bond motifs is 1. The van der Waals surface area contributed by atoms with E-state index in [9.17, 15) is 12.8 Å². The van der Waals surface area contributed by atoms with Gasteiger partial charge in [0.15, 0.2) is 5.65 Å². The molecule has 9 heteroatoms. The molecule has 0 radical (unpaired) electrons. The van der Waals surface area contributed by atoms with Crippen molar-refractivity contribution in [3.63, 3.8) is 0 Å². The largest absolute Gasteiger partial charge is 0.364 e. The van der Waals surface area contributed by atoms with Gasteiger partial charge in [0.1, 0.15) is 18.4 Å². The Morgan fingerprint density at radius 2 is 1.54 bits per heavy atom. The van der Waals surface area contributed by atoms with Gasteiger partial charge in [-0.2, -0.15) is 0 Å². The maximum Gasteiger partial charge on any atom is 0.269 e. The topological polar surface area (TPSA) is 79.0 Å². The summed E-state index contributed by atoms with van der Waals surface area (Å²) in [6.07, 6.45) is 3.09. The molecule has 3 aromatic carbocycles. The minimum atomic E-state index is -3.88. The van der Waals surface area contributed by atoms with Crippen LogP contribution in [0, 0.1) is 5.82 Å². The fourth-order valence-corrected chi connectivity index (χ4v) is 6.04. The Bertz CT molecular complexity index is 1880. The van der Waals surface area contributed by atoms with Gasteiger partial charge in [-0.25, -0.2) is 26.7 Å². The zero-order valence-corrected chi connectivity index (χ0v) is 21.7. The molecule has 0 aliphatic rings. The summed E-state index contributed by atoms with van der Waals surface area (Å²) in [6.45, 7) is 0.181. The van der Waals surface area contributed by atoms with Gasteiger partial charge in [0.2, 0.25) is 0 Å². The number of halogens is 1. The molecule has 6 rings (SSSR count). The molecule has 0 amide bonds. The number of rotatable bonds is 7. The van der Waals surface area contributed by atoms with Crippen molar-refractivity contribution in [1.82, 2.24) is 18.5 Å². The molecule has 0 spiro atoms. The third-order valence-corrected chi connectivity index (χ3v) is 8.17. The fourth-order valence-electron chi connectivity index (χ4n) is 4.72. The van der Waals surface area contributed by atoms with Crippen molar-refractivity contribution in [3.8, 4) is 33.9 Å². The van der Waals surface area contributed by atoms with Crippen molar-refractivity contribution < 1.29 is 17.5 Å². The van der Waals surface area contributed by atoms with Gasteiger partial charge < -0.3 is 4.74 Å². The maximum atomic E-state index is 13.8. The molecule has 0 saturated heterocycles. The molecule has 0 bridgehead atoms. The number of methoxy groups -OCH3 is 1. The third kappa shape index (κ3) is 4.31. The minimum Gasteiger partial charge on any atom is -0.364 e. The number of benzene rings is 3. The number of hydrogen-bond donors (Lipinski definition) is 0. The Kier molecular flexibility index (Phi) is 6.30. The summed E-state index contributed by atoms with van der Waals surface area (Å²) in [4.78, 5) is 9.61. The molecule has 3 heterocycles. The molecular weight excluding hydrogens is 515 g/mol. The smallest absolute Gasteiger partial charge is 0.269 e. The van der Waals surface area contributed by atoms with E-state index in [-0.39, 0.29) is 23.1 Å². The molecule has 0 N–H and O–H groups in total. The van der Waals surface area contributed by atoms with E-state index < -0.39 is 10.0 Å². The van der Waals surface area contributed by atoms with E-state index in [2.05, 4.69) is 4.98 Å². The van der Waals surface area contributed by atoms with Crippen LogP contribution in [0.25, 0.3) is 44.9 Å². The summed E-state index contributed by atoms with van der Waals surface area (Å²) in [6, 6.07) is 27.6. The molecular formula is C30H23FN4O3S. The van der Waals surface area contributed by atoms with Gasteiger partial charge in [-0.3, -0.25) is 4.57 Å². The predicted octanol–water partition coefficient (Wildman–Crippen LogP) is 6.21. The van der Waals surface area contributed by atoms with Gasteiger partial charge in [-0.05, 0) is 48.5 Å². The highest BCUT2D eigenvalue weighted by molar-refractivity contribution is 7.90. The lowest BCUT2D eigenvalue weighted by Gasteiger charge is -2.14. The third-order valence-electron chi connectivity index (χ3n) is 6.49. The van der Waals surface area contributed by atoms with E-state index in [0.717, 1.165) is 5.56 Å². The summed E-state index contributed by atoms with van der Waals surface area (Å²) < 4.78 is 49.5. The standard InChI is InChI=1S/C30H23FN4O3S/c1-38-20-34-28(27(21-12-14-23(31)15-13-21)33-29(34)22-8-4-2-5-9-22)25-16-18-32-30-26(25)17-19-35(30)39(36,37)24-10-6-3-7-11-24/h2-19H,20H2,1H3. The normalized spacial score (nSPS) is 11.7. The average Bonchev–Trinajstić information content (AvgIpc) is 3.57. The monoisotopic (exact) mass is 538 g/mol. The van der Waals surface area contributed by atoms with Crippen LogP contribution in [0.5, 0.6) is 0 Å². The predicted molar refractivity (Wildman–Crippen MR) is 148 cm³/mol. The van der Waals surface area contributed by atoms with Gasteiger partial charge in [-0.15, -0.1) is 0 Å². The van der Waals surface area contributed by atoms with Crippen molar-refractivity contribution >= 4 is 21.1 Å². The summed E-state index contributed by atoms with van der Waals surface area (Å²) >= 11 is 0. The Morgan fingerprint density at radius 3 is 2.23 bits per heavy atom. The second-order valence-corrected chi connectivity index (χ2v) is 10.7. The Hall–Kier alpha value is -4.60. The van der Waals surface area contributed by atoms with Crippen LogP contribution < -0.4 is 0 Å². The minimum absolute atomic E-state index is 0.164. The lowest BCUT2D eigenvalue weighted by molar-refractivity contribution is 0.133. The highest BCUT2D eigenvalue weighted by Gasteiger charge is 2.25. The first-order valence-electron chi connectivity index (χ1n) is 12.2. The quantitative estimate of drug-likeness (QED) is 0.241. The second kappa shape index (κ2) is 9.94. The Morgan fingerprint density at radius 1 is 0.846 bits per heavy atom. The molecule has 0 atom stereocenters. The van der Waals surface area contributed by atoms with Crippen LogP contribution in [-0.4, -0.2) is 34.0 Å². The molecule has 0 aliphatic heterocycles. The molecule has 0 fully saturated rings. The van der Waals surface area contributed by atoms with Crippen LogP contribution in [-0.2, 0) is 21.5 Å². The lowest BCUT2D eigenvalue weighted by Crippen LogP contribution is -2.12. The van der Waals surface area contributed by atoms with Crippen LogP contribution in [0.15, 0.2) is 114 Å². The number of imidazole rings is 1. The van der Waals surface area contributed by atoms with E-state index in [1.54, 1.807) is 61.8 Å². The van der Waals surface area contributed by atoms with E-state index in [4.69, 9.17) is 9.72 Å². The maximum absolute atomic E-state index is 13.8. The lowest BCUT2D eigenvalue weighted by atomic mass is 10.0. The molecule has 0 aliphatic carbocycles. The summed E-state index contributed by atoms with van der Waals surface area (Å²) in [7, 11) is -2.28. The molecule has 3 aromatic heterocycles. The number of aromatic nitrogens is 4. The molecule has 6 aromatic rings. The van der Waals surface area contributed by atoms with Crippen LogP contribution in [0.1, 0.15) is 0 Å². The SMILES string of the molecule is COCn1c(-c2ccccc2)nc(-c2ccc(F)cc2)c1-c1ccnc2c1ccn2S(=O)(=O)c1ccccc1. The molecule has 7 nitrogen and oxygen atoms in total. The van der Waals surface area contributed by atoms with Gasteiger partial charge >= 0.3 is 0 Å². The number of ether oxygens (including phenoxy) is 1. The molecule has 0 unspecified atom stereocenters. The Balaban J connectivity index is 1.64. The van der Waals surface area contributed by atoms with E-state index >= 15 is 0 Å². The zero-order valence-electron chi connectivity index (χ0n) is 20.9. The average molecular weight is 539 g/mol. The van der Waals surface area contributed by atoms with E-state index in [1.165, 1.54) is 22.3 Å². The van der Waals surface area contributed by atoms with Gasteiger partial charge in [-0.1, -0.05) is 48.5 Å². The van der Waals surface area contributed by atoms with Crippen LogP contribution in [0.2, 0.25) is 0 Å². The number of pyridine rings is 1. The highest BCUT2D eigenvalue weighted by atomic mass is 32.2. The van der Waals surface area contributed by atoms with Crippen molar-refractivity contribution in [1.29, 1.82) is 0 Å².